The summed E-state index contributed by atoms with van der Waals surface area (Å²) in [4.78, 5) is 20.8. The molecule has 0 atom stereocenters. The molecule has 7 nitrogen and oxygen atoms in total. The van der Waals surface area contributed by atoms with E-state index in [1.807, 2.05) is 13.8 Å². The van der Waals surface area contributed by atoms with Crippen molar-refractivity contribution in [2.45, 2.75) is 20.3 Å². The quantitative estimate of drug-likeness (QED) is 0.526. The number of aliphatic hydroxyl groups is 1. The van der Waals surface area contributed by atoms with Gasteiger partial charge >= 0.3 is 5.97 Å². The molecule has 0 aliphatic carbocycles. The van der Waals surface area contributed by atoms with E-state index in [0.717, 1.165) is 6.07 Å². The molecule has 1 aromatic rings. The molecule has 0 saturated carbocycles. The minimum absolute atomic E-state index is 0.0300. The molecule has 0 bridgehead atoms. The van der Waals surface area contributed by atoms with Crippen molar-refractivity contribution in [2.24, 2.45) is 5.41 Å². The van der Waals surface area contributed by atoms with Crippen LogP contribution in [0.4, 0.5) is 15.8 Å². The molecule has 116 valence electrons. The summed E-state index contributed by atoms with van der Waals surface area (Å²) >= 11 is 0. The van der Waals surface area contributed by atoms with Crippen LogP contribution in [0.1, 0.15) is 30.6 Å². The highest BCUT2D eigenvalue weighted by atomic mass is 19.1. The highest BCUT2D eigenvalue weighted by Gasteiger charge is 2.24. The Morgan fingerprint density at radius 1 is 1.48 bits per heavy atom. The molecule has 0 aliphatic heterocycles. The molecular weight excluding hydrogens is 283 g/mol. The normalized spacial score (nSPS) is 11.2. The second-order valence-electron chi connectivity index (χ2n) is 5.40. The van der Waals surface area contributed by atoms with Crippen molar-refractivity contribution >= 4 is 17.3 Å². The number of nitro groups is 1. The Bertz CT molecular complexity index is 560. The van der Waals surface area contributed by atoms with Crippen molar-refractivity contribution in [3.05, 3.63) is 33.6 Å². The van der Waals surface area contributed by atoms with Crippen molar-refractivity contribution in [3.63, 3.8) is 0 Å². The van der Waals surface area contributed by atoms with Crippen LogP contribution in [0.5, 0.6) is 0 Å². The van der Waals surface area contributed by atoms with Gasteiger partial charge in [0.05, 0.1) is 16.7 Å². The summed E-state index contributed by atoms with van der Waals surface area (Å²) in [6.07, 6.45) is 0.473. The molecule has 21 heavy (non-hydrogen) atoms. The van der Waals surface area contributed by atoms with E-state index in [0.29, 0.717) is 12.5 Å². The number of carbonyl (C=O) groups is 1. The monoisotopic (exact) mass is 300 g/mol. The fraction of sp³-hybridized carbons (Fsp3) is 0.462. The number of nitro benzene ring substituents is 1. The van der Waals surface area contributed by atoms with E-state index in [1.165, 1.54) is 0 Å². The topological polar surface area (TPSA) is 113 Å². The van der Waals surface area contributed by atoms with Gasteiger partial charge < -0.3 is 15.5 Å². The summed E-state index contributed by atoms with van der Waals surface area (Å²) in [5, 5.41) is 31.3. The number of halogens is 1. The lowest BCUT2D eigenvalue weighted by molar-refractivity contribution is -0.385. The largest absolute Gasteiger partial charge is 0.477 e. The van der Waals surface area contributed by atoms with Gasteiger partial charge in [-0.25, -0.2) is 9.18 Å². The third-order valence-electron chi connectivity index (χ3n) is 3.06. The van der Waals surface area contributed by atoms with Crippen molar-refractivity contribution in [2.75, 3.05) is 18.5 Å². The third-order valence-corrected chi connectivity index (χ3v) is 3.06. The summed E-state index contributed by atoms with van der Waals surface area (Å²) in [7, 11) is 0. The van der Waals surface area contributed by atoms with E-state index in [1.54, 1.807) is 0 Å². The molecule has 0 spiro atoms. The second-order valence-corrected chi connectivity index (χ2v) is 5.40. The summed E-state index contributed by atoms with van der Waals surface area (Å²) < 4.78 is 13.8. The van der Waals surface area contributed by atoms with E-state index in [9.17, 15) is 19.3 Å². The lowest BCUT2D eigenvalue weighted by Crippen LogP contribution is -2.24. The number of nitrogens with zero attached hydrogens (tertiary/aromatic N) is 1. The molecule has 0 radical (unpaired) electrons. The van der Waals surface area contributed by atoms with Gasteiger partial charge in [-0.3, -0.25) is 10.1 Å². The standard InChI is InChI=1S/C13H17FN2O5/c1-13(2,3-4-17)7-15-10-5-8(12(18)19)11(16(20)21)6-9(10)14/h5-6,15,17H,3-4,7H2,1-2H3,(H,18,19). The van der Waals surface area contributed by atoms with Gasteiger partial charge in [0.25, 0.3) is 5.69 Å². The summed E-state index contributed by atoms with van der Waals surface area (Å²) in [5.41, 5.74) is -1.83. The fourth-order valence-corrected chi connectivity index (χ4v) is 1.75. The molecule has 0 saturated heterocycles. The summed E-state index contributed by atoms with van der Waals surface area (Å²) in [5.74, 6) is -2.40. The Hall–Kier alpha value is -2.22. The summed E-state index contributed by atoms with van der Waals surface area (Å²) in [6.45, 7) is 3.94. The number of rotatable bonds is 7. The number of anilines is 1. The maximum absolute atomic E-state index is 13.8. The Morgan fingerprint density at radius 3 is 2.57 bits per heavy atom. The minimum Gasteiger partial charge on any atom is -0.477 e. The van der Waals surface area contributed by atoms with Gasteiger partial charge in [0.2, 0.25) is 0 Å². The maximum Gasteiger partial charge on any atom is 0.342 e. The molecule has 0 heterocycles. The smallest absolute Gasteiger partial charge is 0.342 e. The lowest BCUT2D eigenvalue weighted by Gasteiger charge is -2.24. The van der Waals surface area contributed by atoms with Crippen molar-refractivity contribution in [3.8, 4) is 0 Å². The first-order valence-electron chi connectivity index (χ1n) is 6.24. The number of carboxylic acid groups (broad SMARTS) is 1. The number of aliphatic hydroxyl groups excluding tert-OH is 1. The highest BCUT2D eigenvalue weighted by molar-refractivity contribution is 5.93. The van der Waals surface area contributed by atoms with Crippen LogP contribution in [0.25, 0.3) is 0 Å². The van der Waals surface area contributed by atoms with Crippen molar-refractivity contribution in [1.82, 2.24) is 0 Å². The van der Waals surface area contributed by atoms with Crippen molar-refractivity contribution in [1.29, 1.82) is 0 Å². The molecular formula is C13H17FN2O5. The second kappa shape index (κ2) is 6.49. The molecule has 0 unspecified atom stereocenters. The molecule has 8 heteroatoms. The van der Waals surface area contributed by atoms with E-state index in [4.69, 9.17) is 10.2 Å². The zero-order chi connectivity index (χ0) is 16.2. The minimum atomic E-state index is -1.50. The molecule has 0 aliphatic rings. The van der Waals surface area contributed by atoms with Crippen LogP contribution in [-0.2, 0) is 0 Å². The molecule has 1 rings (SSSR count). The van der Waals surface area contributed by atoms with Gasteiger partial charge in [0.15, 0.2) is 5.82 Å². The van der Waals surface area contributed by atoms with Crippen LogP contribution in [0.3, 0.4) is 0 Å². The first-order valence-corrected chi connectivity index (χ1v) is 6.24. The number of benzene rings is 1. The molecule has 0 aromatic heterocycles. The van der Waals surface area contributed by atoms with Gasteiger partial charge in [0.1, 0.15) is 5.56 Å². The Labute approximate surface area is 120 Å². The van der Waals surface area contributed by atoms with Gasteiger partial charge in [-0.15, -0.1) is 0 Å². The molecule has 3 N–H and O–H groups in total. The van der Waals surface area contributed by atoms with E-state index in [-0.39, 0.29) is 24.3 Å². The lowest BCUT2D eigenvalue weighted by atomic mass is 9.89. The van der Waals surface area contributed by atoms with Crippen molar-refractivity contribution < 1.29 is 24.3 Å². The molecule has 0 amide bonds. The number of carboxylic acids is 1. The van der Waals surface area contributed by atoms with Gasteiger partial charge in [-0.2, -0.15) is 0 Å². The number of hydrogen-bond donors (Lipinski definition) is 3. The zero-order valence-corrected chi connectivity index (χ0v) is 11.7. The number of nitrogens with one attached hydrogen (secondary N) is 1. The predicted molar refractivity (Wildman–Crippen MR) is 74.0 cm³/mol. The Kier molecular flexibility index (Phi) is 5.20. The zero-order valence-electron chi connectivity index (χ0n) is 11.7. The van der Waals surface area contributed by atoms with Gasteiger partial charge in [-0.05, 0) is 17.9 Å². The average molecular weight is 300 g/mol. The van der Waals surface area contributed by atoms with Crippen LogP contribution >= 0.6 is 0 Å². The van der Waals surface area contributed by atoms with Crippen LogP contribution < -0.4 is 5.32 Å². The fourth-order valence-electron chi connectivity index (χ4n) is 1.75. The number of aromatic carboxylic acids is 1. The number of hydrogen-bond acceptors (Lipinski definition) is 5. The third kappa shape index (κ3) is 4.38. The van der Waals surface area contributed by atoms with Crippen LogP contribution in [0, 0.1) is 21.3 Å². The van der Waals surface area contributed by atoms with Crippen LogP contribution in [-0.4, -0.2) is 34.3 Å². The van der Waals surface area contributed by atoms with E-state index < -0.39 is 28.0 Å². The van der Waals surface area contributed by atoms with Crippen LogP contribution in [0.2, 0.25) is 0 Å². The Morgan fingerprint density at radius 2 is 2.10 bits per heavy atom. The van der Waals surface area contributed by atoms with Crippen LogP contribution in [0.15, 0.2) is 12.1 Å². The SMILES string of the molecule is CC(C)(CCO)CNc1cc(C(=O)O)c([N+](=O)[O-])cc1F. The maximum atomic E-state index is 13.8. The Balaban J connectivity index is 3.07. The first-order chi connectivity index (χ1) is 9.68. The van der Waals surface area contributed by atoms with E-state index >= 15 is 0 Å². The van der Waals surface area contributed by atoms with E-state index in [2.05, 4.69) is 5.32 Å². The average Bonchev–Trinajstić information content (AvgIpc) is 2.36. The molecule has 0 fully saturated rings. The van der Waals surface area contributed by atoms with Gasteiger partial charge in [0, 0.05) is 13.2 Å². The summed E-state index contributed by atoms with van der Waals surface area (Å²) in [6, 6.07) is 1.50. The highest BCUT2D eigenvalue weighted by Crippen LogP contribution is 2.28. The molecule has 1 aromatic carbocycles. The van der Waals surface area contributed by atoms with Gasteiger partial charge in [-0.1, -0.05) is 13.8 Å². The predicted octanol–water partition coefficient (Wildman–Crippen LogP) is 2.25. The first kappa shape index (κ1) is 16.8.